The van der Waals surface area contributed by atoms with Crippen LogP contribution in [0, 0.1) is 0 Å². The van der Waals surface area contributed by atoms with E-state index in [2.05, 4.69) is 32.4 Å². The Labute approximate surface area is 156 Å². The second-order valence-electron chi connectivity index (χ2n) is 6.38. The van der Waals surface area contributed by atoms with Gasteiger partial charge in [-0.15, -0.1) is 0 Å². The maximum atomic E-state index is 4.76. The molecular formula is C22H17N5. The Kier molecular flexibility index (Phi) is 3.76. The summed E-state index contributed by atoms with van der Waals surface area (Å²) >= 11 is 0. The number of aromatic amines is 1. The summed E-state index contributed by atoms with van der Waals surface area (Å²) in [6.45, 7) is 0.676. The maximum absolute atomic E-state index is 4.76. The van der Waals surface area contributed by atoms with Gasteiger partial charge in [-0.1, -0.05) is 36.4 Å². The lowest BCUT2D eigenvalue weighted by Crippen LogP contribution is -2.03. The number of H-pyrrole nitrogens is 1. The van der Waals surface area contributed by atoms with Gasteiger partial charge < -0.3 is 10.3 Å². The summed E-state index contributed by atoms with van der Waals surface area (Å²) in [4.78, 5) is 17.0. The Balaban J connectivity index is 1.64. The van der Waals surface area contributed by atoms with Crippen LogP contribution in [0.25, 0.3) is 33.3 Å². The quantitative estimate of drug-likeness (QED) is 0.489. The number of fused-ring (bicyclic) bond motifs is 2. The van der Waals surface area contributed by atoms with Crippen LogP contribution in [0.1, 0.15) is 5.56 Å². The standard InChI is InChI=1S/C22H17N5/c1-2-8-18-16(7-1)21(25-13-15-6-5-11-23-12-15)17(14-24-18)22-26-19-9-3-4-10-20(19)27-22/h1-12,14H,13H2,(H,24,25)(H,26,27). The van der Waals surface area contributed by atoms with Gasteiger partial charge in [-0.25, -0.2) is 4.98 Å². The van der Waals surface area contributed by atoms with Crippen molar-refractivity contribution in [1.29, 1.82) is 0 Å². The van der Waals surface area contributed by atoms with Gasteiger partial charge in [0.2, 0.25) is 0 Å². The normalized spacial score (nSPS) is 11.1. The van der Waals surface area contributed by atoms with E-state index in [9.17, 15) is 0 Å². The minimum Gasteiger partial charge on any atom is -0.380 e. The van der Waals surface area contributed by atoms with Crippen molar-refractivity contribution in [2.24, 2.45) is 0 Å². The summed E-state index contributed by atoms with van der Waals surface area (Å²) in [7, 11) is 0. The Hall–Kier alpha value is -3.73. The highest BCUT2D eigenvalue weighted by atomic mass is 15.0. The minimum atomic E-state index is 0.676. The maximum Gasteiger partial charge on any atom is 0.142 e. The van der Waals surface area contributed by atoms with Crippen LogP contribution in [0.15, 0.2) is 79.3 Å². The van der Waals surface area contributed by atoms with Gasteiger partial charge in [0.05, 0.1) is 27.8 Å². The average molecular weight is 351 g/mol. The van der Waals surface area contributed by atoms with Crippen LogP contribution in [-0.4, -0.2) is 19.9 Å². The zero-order valence-electron chi connectivity index (χ0n) is 14.6. The zero-order valence-corrected chi connectivity index (χ0v) is 14.6. The number of nitrogens with one attached hydrogen (secondary N) is 2. The largest absolute Gasteiger partial charge is 0.380 e. The van der Waals surface area contributed by atoms with E-state index in [0.717, 1.165) is 44.6 Å². The van der Waals surface area contributed by atoms with E-state index in [-0.39, 0.29) is 0 Å². The number of imidazole rings is 1. The minimum absolute atomic E-state index is 0.676. The van der Waals surface area contributed by atoms with Gasteiger partial charge in [0, 0.05) is 30.5 Å². The molecule has 5 aromatic rings. The van der Waals surface area contributed by atoms with Crippen molar-refractivity contribution in [1.82, 2.24) is 19.9 Å². The lowest BCUT2D eigenvalue weighted by Gasteiger charge is -2.13. The highest BCUT2D eigenvalue weighted by molar-refractivity contribution is 5.99. The molecule has 0 spiro atoms. The molecule has 2 aromatic carbocycles. The molecule has 5 heteroatoms. The van der Waals surface area contributed by atoms with E-state index in [1.165, 1.54) is 0 Å². The van der Waals surface area contributed by atoms with Crippen LogP contribution in [0.3, 0.4) is 0 Å². The van der Waals surface area contributed by atoms with Crippen LogP contribution >= 0.6 is 0 Å². The van der Waals surface area contributed by atoms with Gasteiger partial charge in [-0.2, -0.15) is 0 Å². The van der Waals surface area contributed by atoms with Gasteiger partial charge in [-0.05, 0) is 29.8 Å². The molecule has 0 aliphatic rings. The SMILES string of the molecule is c1cncc(CNc2c(-c3nc4ccccc4[nH]3)cnc3ccccc23)c1. The molecule has 0 saturated carbocycles. The number of aromatic nitrogens is 4. The molecular weight excluding hydrogens is 334 g/mol. The summed E-state index contributed by atoms with van der Waals surface area (Å²) in [5.74, 6) is 0.808. The predicted octanol–water partition coefficient (Wildman–Crippen LogP) is 4.79. The van der Waals surface area contributed by atoms with Crippen LogP contribution in [0.4, 0.5) is 5.69 Å². The summed E-state index contributed by atoms with van der Waals surface area (Å²) in [6, 6.07) is 20.2. The van der Waals surface area contributed by atoms with Gasteiger partial charge >= 0.3 is 0 Å². The first-order chi connectivity index (χ1) is 13.4. The fourth-order valence-corrected chi connectivity index (χ4v) is 3.28. The second-order valence-corrected chi connectivity index (χ2v) is 6.38. The lowest BCUT2D eigenvalue weighted by molar-refractivity contribution is 1.11. The smallest absolute Gasteiger partial charge is 0.142 e. The molecule has 0 fully saturated rings. The van der Waals surface area contributed by atoms with Crippen molar-refractivity contribution in [3.05, 3.63) is 84.8 Å². The highest BCUT2D eigenvalue weighted by Gasteiger charge is 2.14. The molecule has 0 unspecified atom stereocenters. The van der Waals surface area contributed by atoms with E-state index < -0.39 is 0 Å². The molecule has 0 atom stereocenters. The topological polar surface area (TPSA) is 66.5 Å². The zero-order chi connectivity index (χ0) is 18.1. The third-order valence-corrected chi connectivity index (χ3v) is 4.61. The second kappa shape index (κ2) is 6.53. The molecule has 0 amide bonds. The number of para-hydroxylation sites is 3. The molecule has 27 heavy (non-hydrogen) atoms. The van der Waals surface area contributed by atoms with E-state index in [1.54, 1.807) is 6.20 Å². The van der Waals surface area contributed by atoms with Crippen LogP contribution in [0.5, 0.6) is 0 Å². The number of pyridine rings is 2. The first kappa shape index (κ1) is 15.5. The summed E-state index contributed by atoms with van der Waals surface area (Å²) in [5, 5.41) is 4.64. The number of benzene rings is 2. The molecule has 0 radical (unpaired) electrons. The summed E-state index contributed by atoms with van der Waals surface area (Å²) in [5.41, 5.74) is 6.00. The van der Waals surface area contributed by atoms with Gasteiger partial charge in [0.15, 0.2) is 0 Å². The summed E-state index contributed by atoms with van der Waals surface area (Å²) < 4.78 is 0. The molecule has 2 N–H and O–H groups in total. The Morgan fingerprint density at radius 3 is 2.56 bits per heavy atom. The molecule has 5 nitrogen and oxygen atoms in total. The van der Waals surface area contributed by atoms with Crippen LogP contribution < -0.4 is 5.32 Å². The molecule has 0 aliphatic carbocycles. The summed E-state index contributed by atoms with van der Waals surface area (Å²) in [6.07, 6.45) is 5.54. The predicted molar refractivity (Wildman–Crippen MR) is 108 cm³/mol. The molecule has 3 aromatic heterocycles. The van der Waals surface area contributed by atoms with Crippen molar-refractivity contribution >= 4 is 27.6 Å². The van der Waals surface area contributed by atoms with Crippen molar-refractivity contribution in [3.8, 4) is 11.4 Å². The number of hydrogen-bond donors (Lipinski definition) is 2. The fourth-order valence-electron chi connectivity index (χ4n) is 3.28. The van der Waals surface area contributed by atoms with Gasteiger partial charge in [0.25, 0.3) is 0 Å². The molecule has 0 aliphatic heterocycles. The average Bonchev–Trinajstić information content (AvgIpc) is 3.16. The molecule has 130 valence electrons. The van der Waals surface area contributed by atoms with E-state index >= 15 is 0 Å². The Morgan fingerprint density at radius 2 is 1.70 bits per heavy atom. The molecule has 3 heterocycles. The lowest BCUT2D eigenvalue weighted by atomic mass is 10.1. The highest BCUT2D eigenvalue weighted by Crippen LogP contribution is 2.33. The van der Waals surface area contributed by atoms with E-state index in [1.807, 2.05) is 60.9 Å². The van der Waals surface area contributed by atoms with E-state index in [0.29, 0.717) is 6.54 Å². The number of hydrogen-bond acceptors (Lipinski definition) is 4. The third kappa shape index (κ3) is 2.89. The third-order valence-electron chi connectivity index (χ3n) is 4.61. The fraction of sp³-hybridized carbons (Fsp3) is 0.0455. The van der Waals surface area contributed by atoms with Crippen molar-refractivity contribution < 1.29 is 0 Å². The van der Waals surface area contributed by atoms with Crippen molar-refractivity contribution in [2.75, 3.05) is 5.32 Å². The first-order valence-electron chi connectivity index (χ1n) is 8.84. The molecule has 0 bridgehead atoms. The Bertz CT molecular complexity index is 1190. The Morgan fingerprint density at radius 1 is 0.852 bits per heavy atom. The van der Waals surface area contributed by atoms with Gasteiger partial charge in [-0.3, -0.25) is 9.97 Å². The first-order valence-corrected chi connectivity index (χ1v) is 8.84. The monoisotopic (exact) mass is 351 g/mol. The number of nitrogens with zero attached hydrogens (tertiary/aromatic N) is 3. The van der Waals surface area contributed by atoms with Crippen molar-refractivity contribution in [3.63, 3.8) is 0 Å². The van der Waals surface area contributed by atoms with Crippen LogP contribution in [0.2, 0.25) is 0 Å². The van der Waals surface area contributed by atoms with Crippen LogP contribution in [-0.2, 0) is 6.54 Å². The number of rotatable bonds is 4. The van der Waals surface area contributed by atoms with E-state index in [4.69, 9.17) is 4.98 Å². The molecule has 0 saturated heterocycles. The molecule has 5 rings (SSSR count). The van der Waals surface area contributed by atoms with Crippen molar-refractivity contribution in [2.45, 2.75) is 6.54 Å². The number of anilines is 1. The van der Waals surface area contributed by atoms with Gasteiger partial charge in [0.1, 0.15) is 5.82 Å².